The van der Waals surface area contributed by atoms with Crippen LogP contribution in [0.15, 0.2) is 12.1 Å². The van der Waals surface area contributed by atoms with Crippen LogP contribution >= 0.6 is 0 Å². The second-order valence-electron chi connectivity index (χ2n) is 7.97. The van der Waals surface area contributed by atoms with Gasteiger partial charge in [-0.25, -0.2) is 0 Å². The summed E-state index contributed by atoms with van der Waals surface area (Å²) in [5.74, 6) is 0.976. The van der Waals surface area contributed by atoms with Crippen LogP contribution in [-0.2, 0) is 14.2 Å². The van der Waals surface area contributed by atoms with E-state index in [9.17, 15) is 30.6 Å². The third kappa shape index (κ3) is 5.17. The van der Waals surface area contributed by atoms with Crippen molar-refractivity contribution in [3.8, 4) is 23.0 Å². The molecule has 2 aliphatic heterocycles. The van der Waals surface area contributed by atoms with Crippen LogP contribution in [0.5, 0.6) is 23.0 Å². The van der Waals surface area contributed by atoms with Crippen molar-refractivity contribution in [1.82, 2.24) is 0 Å². The van der Waals surface area contributed by atoms with Gasteiger partial charge in [-0.2, -0.15) is 0 Å². The fourth-order valence-corrected chi connectivity index (χ4v) is 3.84. The first kappa shape index (κ1) is 26.7. The molecule has 10 atom stereocenters. The fraction of sp³-hybridized carbons (Fsp3) is 0.714. The number of hydrogen-bond acceptors (Lipinski definition) is 13. The normalized spacial score (nSPS) is 38.3. The molecule has 0 radical (unpaired) electrons. The predicted octanol–water partition coefficient (Wildman–Crippen LogP) is -2.26. The first-order valence-electron chi connectivity index (χ1n) is 10.6. The van der Waals surface area contributed by atoms with Crippen molar-refractivity contribution >= 4 is 0 Å². The Bertz CT molecular complexity index is 782. The molecule has 2 aliphatic rings. The van der Waals surface area contributed by atoms with Gasteiger partial charge in [-0.15, -0.1) is 0 Å². The van der Waals surface area contributed by atoms with Gasteiger partial charge in [-0.3, -0.25) is 0 Å². The number of aliphatic hydroxyl groups excluding tert-OH is 6. The summed E-state index contributed by atoms with van der Waals surface area (Å²) < 4.78 is 38.5. The smallest absolute Gasteiger partial charge is 0.229 e. The molecule has 1 aromatic rings. The van der Waals surface area contributed by atoms with Crippen molar-refractivity contribution < 1.29 is 63.8 Å². The maximum atomic E-state index is 10.7. The van der Waals surface area contributed by atoms with Crippen LogP contribution in [-0.4, -0.2) is 120 Å². The summed E-state index contributed by atoms with van der Waals surface area (Å²) in [5.41, 5.74) is 0. The molecule has 0 saturated carbocycles. The van der Waals surface area contributed by atoms with Gasteiger partial charge in [0.1, 0.15) is 42.4 Å². The van der Waals surface area contributed by atoms with Crippen LogP contribution < -0.4 is 18.9 Å². The second kappa shape index (κ2) is 11.2. The molecule has 0 unspecified atom stereocenters. The number of hydrogen-bond donors (Lipinski definition) is 6. The van der Waals surface area contributed by atoms with Crippen molar-refractivity contribution in [2.45, 2.75) is 68.3 Å². The number of rotatable bonds is 8. The third-order valence-electron chi connectivity index (χ3n) is 5.81. The summed E-state index contributed by atoms with van der Waals surface area (Å²) in [7, 11) is 4.25. The summed E-state index contributed by atoms with van der Waals surface area (Å²) in [6, 6.07) is 2.92. The van der Waals surface area contributed by atoms with Crippen LogP contribution in [0.4, 0.5) is 0 Å². The molecule has 3 rings (SSSR count). The van der Waals surface area contributed by atoms with Crippen LogP contribution in [0.2, 0.25) is 0 Å². The molecule has 2 saturated heterocycles. The van der Waals surface area contributed by atoms with Crippen LogP contribution in [0, 0.1) is 0 Å². The van der Waals surface area contributed by atoms with Gasteiger partial charge in [0.25, 0.3) is 0 Å². The van der Waals surface area contributed by atoms with E-state index in [1.807, 2.05) is 0 Å². The van der Waals surface area contributed by atoms with Gasteiger partial charge >= 0.3 is 0 Å². The highest BCUT2D eigenvalue weighted by Gasteiger charge is 2.50. The number of aliphatic hydroxyl groups is 6. The fourth-order valence-electron chi connectivity index (χ4n) is 3.84. The lowest BCUT2D eigenvalue weighted by Gasteiger charge is -2.45. The Labute approximate surface area is 195 Å². The van der Waals surface area contributed by atoms with Crippen molar-refractivity contribution in [3.63, 3.8) is 0 Å². The Morgan fingerprint density at radius 3 is 1.91 bits per heavy atom. The molecule has 194 valence electrons. The maximum absolute atomic E-state index is 10.7. The Kier molecular flexibility index (Phi) is 8.78. The third-order valence-corrected chi connectivity index (χ3v) is 5.81. The largest absolute Gasteiger partial charge is 0.493 e. The standard InChI is InChI=1S/C21H32O13/c1-8-13(23)15(25)17(27)20(31-8)34-19-16(26)14(24)12(7-22)33-21(19)32-9-5-10(28-2)18(30-4)11(6-9)29-3/h5-6,8,12-17,19-27H,7H2,1-4H3/t8-,12-,13-,14-,15+,16+,17+,19-,20+,21-/m1/s1. The predicted molar refractivity (Wildman–Crippen MR) is 112 cm³/mol. The molecule has 0 spiro atoms. The monoisotopic (exact) mass is 492 g/mol. The highest BCUT2D eigenvalue weighted by Crippen LogP contribution is 2.42. The molecule has 0 amide bonds. The molecule has 2 heterocycles. The molecule has 1 aromatic carbocycles. The zero-order valence-electron chi connectivity index (χ0n) is 19.2. The van der Waals surface area contributed by atoms with E-state index in [1.165, 1.54) is 40.4 Å². The van der Waals surface area contributed by atoms with E-state index in [2.05, 4.69) is 0 Å². The molecule has 0 aliphatic carbocycles. The van der Waals surface area contributed by atoms with Gasteiger partial charge in [0.05, 0.1) is 34.0 Å². The summed E-state index contributed by atoms with van der Waals surface area (Å²) in [5, 5.41) is 60.9. The molecule has 0 aromatic heterocycles. The van der Waals surface area contributed by atoms with E-state index in [4.69, 9.17) is 33.2 Å². The average molecular weight is 492 g/mol. The number of ether oxygens (including phenoxy) is 7. The van der Waals surface area contributed by atoms with E-state index in [1.54, 1.807) is 0 Å². The molecule has 13 heteroatoms. The van der Waals surface area contributed by atoms with Gasteiger partial charge < -0.3 is 63.8 Å². The van der Waals surface area contributed by atoms with Gasteiger partial charge in [0.15, 0.2) is 23.9 Å². The summed E-state index contributed by atoms with van der Waals surface area (Å²) in [6.07, 6.45) is -14.3. The number of methoxy groups -OCH3 is 3. The minimum Gasteiger partial charge on any atom is -0.493 e. The van der Waals surface area contributed by atoms with Gasteiger partial charge in [-0.05, 0) is 6.92 Å². The van der Waals surface area contributed by atoms with E-state index < -0.39 is 68.0 Å². The summed E-state index contributed by atoms with van der Waals surface area (Å²) in [6.45, 7) is 0.828. The van der Waals surface area contributed by atoms with Crippen LogP contribution in [0.3, 0.4) is 0 Å². The lowest BCUT2D eigenvalue weighted by atomic mass is 9.97. The summed E-state index contributed by atoms with van der Waals surface area (Å²) >= 11 is 0. The van der Waals surface area contributed by atoms with Gasteiger partial charge in [0, 0.05) is 12.1 Å². The van der Waals surface area contributed by atoms with E-state index in [0.717, 1.165) is 0 Å². The summed E-state index contributed by atoms with van der Waals surface area (Å²) in [4.78, 5) is 0. The molecule has 0 bridgehead atoms. The minimum atomic E-state index is -1.67. The highest BCUT2D eigenvalue weighted by atomic mass is 16.8. The lowest BCUT2D eigenvalue weighted by molar-refractivity contribution is -0.354. The van der Waals surface area contributed by atoms with Crippen LogP contribution in [0.1, 0.15) is 6.92 Å². The Hall–Kier alpha value is -1.94. The van der Waals surface area contributed by atoms with Crippen molar-refractivity contribution in [1.29, 1.82) is 0 Å². The van der Waals surface area contributed by atoms with Crippen LogP contribution in [0.25, 0.3) is 0 Å². The van der Waals surface area contributed by atoms with Gasteiger partial charge in [-0.1, -0.05) is 0 Å². The van der Waals surface area contributed by atoms with E-state index >= 15 is 0 Å². The highest BCUT2D eigenvalue weighted by molar-refractivity contribution is 5.55. The van der Waals surface area contributed by atoms with Crippen molar-refractivity contribution in [2.24, 2.45) is 0 Å². The Morgan fingerprint density at radius 2 is 1.38 bits per heavy atom. The minimum absolute atomic E-state index is 0.141. The second-order valence-corrected chi connectivity index (χ2v) is 7.97. The maximum Gasteiger partial charge on any atom is 0.229 e. The molecule has 13 nitrogen and oxygen atoms in total. The topological polar surface area (TPSA) is 186 Å². The molecular weight excluding hydrogens is 460 g/mol. The molecule has 2 fully saturated rings. The van der Waals surface area contributed by atoms with E-state index in [0.29, 0.717) is 5.75 Å². The lowest BCUT2D eigenvalue weighted by Crippen LogP contribution is -2.64. The zero-order valence-corrected chi connectivity index (χ0v) is 19.2. The molecule has 6 N–H and O–H groups in total. The van der Waals surface area contributed by atoms with Crippen molar-refractivity contribution in [2.75, 3.05) is 27.9 Å². The first-order chi connectivity index (χ1) is 16.2. The SMILES string of the molecule is COc1cc(O[C@@H]2O[C@H](CO)[C@@H](O)[C@H](O)[C@H]2O[C@@H]2O[C@H](C)[C@@H](O)[C@H](O)[C@@H]2O)cc(OC)c1OC. The number of benzene rings is 1. The van der Waals surface area contributed by atoms with Crippen molar-refractivity contribution in [3.05, 3.63) is 12.1 Å². The first-order valence-corrected chi connectivity index (χ1v) is 10.6. The molecule has 34 heavy (non-hydrogen) atoms. The van der Waals surface area contributed by atoms with Gasteiger partial charge in [0.2, 0.25) is 12.0 Å². The average Bonchev–Trinajstić information content (AvgIpc) is 2.84. The zero-order chi connectivity index (χ0) is 25.2. The van der Waals surface area contributed by atoms with E-state index in [-0.39, 0.29) is 17.2 Å². The Balaban J connectivity index is 1.90. The quantitative estimate of drug-likeness (QED) is 0.229. The molecular formula is C21H32O13. The Morgan fingerprint density at radius 1 is 0.765 bits per heavy atom.